The second-order valence-electron chi connectivity index (χ2n) is 7.24. The van der Waals surface area contributed by atoms with Gasteiger partial charge in [0.25, 0.3) is 5.91 Å². The molecule has 1 atom stereocenters. The highest BCUT2D eigenvalue weighted by Gasteiger charge is 2.18. The summed E-state index contributed by atoms with van der Waals surface area (Å²) in [5.74, 6) is 0.160. The minimum absolute atomic E-state index is 0.0484. The van der Waals surface area contributed by atoms with Crippen LogP contribution in [0.1, 0.15) is 45.7 Å². The molecule has 0 unspecified atom stereocenters. The lowest BCUT2D eigenvalue weighted by atomic mass is 10.1. The van der Waals surface area contributed by atoms with Crippen LogP contribution in [0, 0.1) is 0 Å². The fourth-order valence-corrected chi connectivity index (χ4v) is 2.34. The number of benzene rings is 1. The maximum absolute atomic E-state index is 12.1. The predicted molar refractivity (Wildman–Crippen MR) is 106 cm³/mol. The summed E-state index contributed by atoms with van der Waals surface area (Å²) >= 11 is 0. The molecule has 1 aromatic rings. The fraction of sp³-hybridized carbons (Fsp3) is 0.550. The van der Waals surface area contributed by atoms with Gasteiger partial charge >= 0.3 is 12.1 Å². The zero-order valence-corrected chi connectivity index (χ0v) is 17.8. The lowest BCUT2D eigenvalue weighted by Crippen LogP contribution is -2.34. The number of esters is 1. The SMILES string of the molecule is COc1ccc(OC)c([C@H](C)NC(=O)COC(=O)CCNC(=O)OC(C)(C)C)c1. The van der Waals surface area contributed by atoms with Crippen molar-refractivity contribution in [2.45, 2.75) is 45.8 Å². The van der Waals surface area contributed by atoms with E-state index in [1.807, 2.05) is 0 Å². The summed E-state index contributed by atoms with van der Waals surface area (Å²) in [6.07, 6.45) is -0.699. The molecule has 0 heterocycles. The third kappa shape index (κ3) is 9.18. The molecule has 2 N–H and O–H groups in total. The number of alkyl carbamates (subject to hydrolysis) is 1. The van der Waals surface area contributed by atoms with Crippen LogP contribution in [0.5, 0.6) is 11.5 Å². The van der Waals surface area contributed by atoms with Gasteiger partial charge in [0.15, 0.2) is 6.61 Å². The third-order valence-corrected chi connectivity index (χ3v) is 3.64. The van der Waals surface area contributed by atoms with E-state index in [0.717, 1.165) is 5.56 Å². The van der Waals surface area contributed by atoms with Crippen LogP contribution < -0.4 is 20.1 Å². The summed E-state index contributed by atoms with van der Waals surface area (Å²) in [7, 11) is 3.08. The van der Waals surface area contributed by atoms with Gasteiger partial charge in [-0.05, 0) is 45.9 Å². The molecule has 0 fully saturated rings. The standard InChI is InChI=1S/C20H30N2O7/c1-13(15-11-14(26-5)7-8-16(15)27-6)22-17(23)12-28-18(24)9-10-21-19(25)29-20(2,3)4/h7-8,11,13H,9-10,12H2,1-6H3,(H,21,25)(H,22,23)/t13-/m0/s1. The van der Waals surface area contributed by atoms with Crippen LogP contribution in [0.3, 0.4) is 0 Å². The Bertz CT molecular complexity index is 713. The monoisotopic (exact) mass is 410 g/mol. The predicted octanol–water partition coefficient (Wildman–Crippen LogP) is 2.34. The normalized spacial score (nSPS) is 11.8. The van der Waals surface area contributed by atoms with Crippen molar-refractivity contribution in [3.8, 4) is 11.5 Å². The first-order chi connectivity index (χ1) is 13.6. The van der Waals surface area contributed by atoms with Crippen molar-refractivity contribution in [3.63, 3.8) is 0 Å². The molecule has 0 aliphatic heterocycles. The van der Waals surface area contributed by atoms with Gasteiger partial charge in [-0.25, -0.2) is 4.79 Å². The molecular weight excluding hydrogens is 380 g/mol. The van der Waals surface area contributed by atoms with Crippen LogP contribution in [-0.4, -0.2) is 50.9 Å². The van der Waals surface area contributed by atoms with Crippen molar-refractivity contribution < 1.29 is 33.3 Å². The van der Waals surface area contributed by atoms with E-state index in [2.05, 4.69) is 10.6 Å². The van der Waals surface area contributed by atoms with Crippen LogP contribution in [-0.2, 0) is 19.1 Å². The summed E-state index contributed by atoms with van der Waals surface area (Å²) < 4.78 is 20.5. The molecule has 162 valence electrons. The van der Waals surface area contributed by atoms with Crippen LogP contribution in [0.15, 0.2) is 18.2 Å². The molecular formula is C20H30N2O7. The Morgan fingerprint density at radius 3 is 2.38 bits per heavy atom. The Morgan fingerprint density at radius 2 is 1.79 bits per heavy atom. The molecule has 0 saturated heterocycles. The molecule has 0 spiro atoms. The van der Waals surface area contributed by atoms with Gasteiger partial charge in [-0.2, -0.15) is 0 Å². The number of hydrogen-bond donors (Lipinski definition) is 2. The van der Waals surface area contributed by atoms with Crippen molar-refractivity contribution in [2.24, 2.45) is 0 Å². The Balaban J connectivity index is 2.41. The number of carbonyl (C=O) groups excluding carboxylic acids is 3. The minimum Gasteiger partial charge on any atom is -0.497 e. The molecule has 0 radical (unpaired) electrons. The summed E-state index contributed by atoms with van der Waals surface area (Å²) in [6, 6.07) is 4.87. The van der Waals surface area contributed by atoms with Crippen LogP contribution in [0.2, 0.25) is 0 Å². The smallest absolute Gasteiger partial charge is 0.407 e. The van der Waals surface area contributed by atoms with Crippen molar-refractivity contribution in [3.05, 3.63) is 23.8 Å². The highest BCUT2D eigenvalue weighted by molar-refractivity contribution is 5.81. The van der Waals surface area contributed by atoms with E-state index in [1.165, 1.54) is 7.11 Å². The fourth-order valence-electron chi connectivity index (χ4n) is 2.34. The van der Waals surface area contributed by atoms with E-state index >= 15 is 0 Å². The maximum Gasteiger partial charge on any atom is 0.407 e. The average molecular weight is 410 g/mol. The van der Waals surface area contributed by atoms with Crippen molar-refractivity contribution in [1.29, 1.82) is 0 Å². The molecule has 0 bridgehead atoms. The van der Waals surface area contributed by atoms with Gasteiger partial charge in [0.2, 0.25) is 0 Å². The van der Waals surface area contributed by atoms with Gasteiger partial charge in [0, 0.05) is 12.1 Å². The maximum atomic E-state index is 12.1. The summed E-state index contributed by atoms with van der Waals surface area (Å²) in [4.78, 5) is 35.3. The average Bonchev–Trinajstić information content (AvgIpc) is 2.64. The molecule has 9 nitrogen and oxygen atoms in total. The van der Waals surface area contributed by atoms with Gasteiger partial charge in [0.05, 0.1) is 26.7 Å². The highest BCUT2D eigenvalue weighted by Crippen LogP contribution is 2.29. The second kappa shape index (κ2) is 11.1. The number of carbonyl (C=O) groups is 3. The van der Waals surface area contributed by atoms with Crippen molar-refractivity contribution >= 4 is 18.0 Å². The number of amides is 2. The first kappa shape index (κ1) is 24.1. The Morgan fingerprint density at radius 1 is 1.10 bits per heavy atom. The van der Waals surface area contributed by atoms with Crippen LogP contribution >= 0.6 is 0 Å². The highest BCUT2D eigenvalue weighted by atomic mass is 16.6. The van der Waals surface area contributed by atoms with E-state index < -0.39 is 30.2 Å². The molecule has 2 amide bonds. The van der Waals surface area contributed by atoms with Crippen LogP contribution in [0.25, 0.3) is 0 Å². The topological polar surface area (TPSA) is 112 Å². The van der Waals surface area contributed by atoms with Gasteiger partial charge in [-0.15, -0.1) is 0 Å². The number of rotatable bonds is 9. The van der Waals surface area contributed by atoms with E-state index in [-0.39, 0.29) is 19.0 Å². The number of methoxy groups -OCH3 is 2. The van der Waals surface area contributed by atoms with E-state index in [0.29, 0.717) is 11.5 Å². The van der Waals surface area contributed by atoms with Gasteiger partial charge in [0.1, 0.15) is 17.1 Å². The lowest BCUT2D eigenvalue weighted by molar-refractivity contribution is -0.148. The Labute approximate surface area is 171 Å². The Hall–Kier alpha value is -2.97. The molecule has 1 rings (SSSR count). The molecule has 0 aliphatic carbocycles. The molecule has 1 aromatic carbocycles. The van der Waals surface area contributed by atoms with Gasteiger partial charge in [-0.3, -0.25) is 9.59 Å². The van der Waals surface area contributed by atoms with Crippen molar-refractivity contribution in [1.82, 2.24) is 10.6 Å². The lowest BCUT2D eigenvalue weighted by Gasteiger charge is -2.19. The van der Waals surface area contributed by atoms with Gasteiger partial charge < -0.3 is 29.6 Å². The minimum atomic E-state index is -0.621. The number of nitrogens with one attached hydrogen (secondary N) is 2. The second-order valence-corrected chi connectivity index (χ2v) is 7.24. The molecule has 0 saturated carbocycles. The molecule has 9 heteroatoms. The Kier molecular flexibility index (Phi) is 9.24. The zero-order valence-electron chi connectivity index (χ0n) is 17.8. The summed E-state index contributed by atoms with van der Waals surface area (Å²) in [6.45, 7) is 6.61. The molecule has 0 aromatic heterocycles. The molecule has 29 heavy (non-hydrogen) atoms. The van der Waals surface area contributed by atoms with Gasteiger partial charge in [-0.1, -0.05) is 0 Å². The summed E-state index contributed by atoms with van der Waals surface area (Å²) in [5, 5.41) is 5.18. The van der Waals surface area contributed by atoms with Crippen molar-refractivity contribution in [2.75, 3.05) is 27.4 Å². The van der Waals surface area contributed by atoms with E-state index in [4.69, 9.17) is 18.9 Å². The first-order valence-corrected chi connectivity index (χ1v) is 9.19. The largest absolute Gasteiger partial charge is 0.497 e. The zero-order chi connectivity index (χ0) is 22.0. The van der Waals surface area contributed by atoms with E-state index in [1.54, 1.807) is 53.0 Å². The quantitative estimate of drug-likeness (QED) is 0.601. The first-order valence-electron chi connectivity index (χ1n) is 9.19. The van der Waals surface area contributed by atoms with E-state index in [9.17, 15) is 14.4 Å². The number of ether oxygens (including phenoxy) is 4. The third-order valence-electron chi connectivity index (χ3n) is 3.64. The number of hydrogen-bond acceptors (Lipinski definition) is 7. The van der Waals surface area contributed by atoms with Crippen LogP contribution in [0.4, 0.5) is 4.79 Å². The molecule has 0 aliphatic rings. The summed E-state index contributed by atoms with van der Waals surface area (Å²) in [5.41, 5.74) is 0.109.